The topological polar surface area (TPSA) is 0 Å². The van der Waals surface area contributed by atoms with Crippen LogP contribution >= 0.6 is 0 Å². The molecule has 0 fully saturated rings. The molecule has 0 saturated heterocycles. The fourth-order valence-electron chi connectivity index (χ4n) is 1.80. The molecule has 0 aliphatic heterocycles. The van der Waals surface area contributed by atoms with Crippen molar-refractivity contribution in [3.8, 4) is 0 Å². The van der Waals surface area contributed by atoms with Crippen molar-refractivity contribution < 1.29 is 4.39 Å². The van der Waals surface area contributed by atoms with Crippen LogP contribution in [0.4, 0.5) is 4.39 Å². The molecule has 0 N–H and O–H groups in total. The third-order valence-corrected chi connectivity index (χ3v) is 2.64. The van der Waals surface area contributed by atoms with Crippen molar-refractivity contribution in [2.24, 2.45) is 0 Å². The standard InChI is InChI=1S/C15H21F/c1-3-5-7-13(6-4-2)12-14-8-10-15(16)11-9-14/h7-11H,3-6,12H2,1-2H3/b13-7+. The van der Waals surface area contributed by atoms with Gasteiger partial charge in [0.15, 0.2) is 0 Å². The van der Waals surface area contributed by atoms with Gasteiger partial charge in [0.1, 0.15) is 5.82 Å². The molecule has 0 unspecified atom stereocenters. The Hall–Kier alpha value is -1.11. The first kappa shape index (κ1) is 13.0. The summed E-state index contributed by atoms with van der Waals surface area (Å²) in [4.78, 5) is 0. The van der Waals surface area contributed by atoms with Crippen molar-refractivity contribution in [3.05, 3.63) is 47.3 Å². The maximum atomic E-state index is 12.8. The first-order valence-electron chi connectivity index (χ1n) is 6.18. The average molecular weight is 220 g/mol. The number of unbranched alkanes of at least 4 members (excludes halogenated alkanes) is 1. The summed E-state index contributed by atoms with van der Waals surface area (Å²) in [6.07, 6.45) is 7.97. The molecular formula is C15H21F. The highest BCUT2D eigenvalue weighted by molar-refractivity contribution is 5.22. The molecule has 0 heterocycles. The van der Waals surface area contributed by atoms with Crippen molar-refractivity contribution in [1.29, 1.82) is 0 Å². The van der Waals surface area contributed by atoms with Gasteiger partial charge in [-0.3, -0.25) is 0 Å². The molecule has 0 aromatic heterocycles. The minimum absolute atomic E-state index is 0.154. The van der Waals surface area contributed by atoms with Gasteiger partial charge < -0.3 is 0 Å². The van der Waals surface area contributed by atoms with Crippen LogP contribution in [0.1, 0.15) is 45.1 Å². The number of allylic oxidation sites excluding steroid dienone is 2. The molecule has 0 amide bonds. The summed E-state index contributed by atoms with van der Waals surface area (Å²) in [5.41, 5.74) is 2.69. The summed E-state index contributed by atoms with van der Waals surface area (Å²) in [5, 5.41) is 0. The van der Waals surface area contributed by atoms with E-state index in [4.69, 9.17) is 0 Å². The first-order chi connectivity index (χ1) is 7.76. The van der Waals surface area contributed by atoms with Crippen molar-refractivity contribution in [2.45, 2.75) is 46.0 Å². The Labute approximate surface area is 98.2 Å². The maximum absolute atomic E-state index is 12.8. The Morgan fingerprint density at radius 1 is 1.12 bits per heavy atom. The van der Waals surface area contributed by atoms with Crippen LogP contribution in [0.5, 0.6) is 0 Å². The van der Waals surface area contributed by atoms with E-state index >= 15 is 0 Å². The van der Waals surface area contributed by atoms with Crippen LogP contribution < -0.4 is 0 Å². The van der Waals surface area contributed by atoms with E-state index in [1.54, 1.807) is 12.1 Å². The molecule has 1 aromatic rings. The smallest absolute Gasteiger partial charge is 0.123 e. The molecule has 88 valence electrons. The maximum Gasteiger partial charge on any atom is 0.123 e. The molecule has 0 radical (unpaired) electrons. The zero-order valence-corrected chi connectivity index (χ0v) is 10.3. The molecule has 16 heavy (non-hydrogen) atoms. The Morgan fingerprint density at radius 2 is 1.81 bits per heavy atom. The predicted octanol–water partition coefficient (Wildman–Crippen LogP) is 4.89. The third kappa shape index (κ3) is 4.61. The highest BCUT2D eigenvalue weighted by Gasteiger charge is 1.99. The Morgan fingerprint density at radius 3 is 2.38 bits per heavy atom. The van der Waals surface area contributed by atoms with Crippen LogP contribution in [0, 0.1) is 5.82 Å². The van der Waals surface area contributed by atoms with Gasteiger partial charge in [0, 0.05) is 0 Å². The molecule has 0 aliphatic rings. The number of hydrogen-bond acceptors (Lipinski definition) is 0. The van der Waals surface area contributed by atoms with E-state index in [1.165, 1.54) is 24.0 Å². The summed E-state index contributed by atoms with van der Waals surface area (Å²) in [6, 6.07) is 6.84. The molecule has 0 saturated carbocycles. The zero-order chi connectivity index (χ0) is 11.8. The minimum Gasteiger partial charge on any atom is -0.207 e. The second-order valence-corrected chi connectivity index (χ2v) is 4.20. The molecule has 0 bridgehead atoms. The van der Waals surface area contributed by atoms with Crippen LogP contribution in [-0.4, -0.2) is 0 Å². The zero-order valence-electron chi connectivity index (χ0n) is 10.3. The minimum atomic E-state index is -0.154. The number of benzene rings is 1. The Kier molecular flexibility index (Phi) is 5.84. The Bertz CT molecular complexity index is 322. The van der Waals surface area contributed by atoms with Crippen molar-refractivity contribution >= 4 is 0 Å². The lowest BCUT2D eigenvalue weighted by atomic mass is 10.00. The Balaban J connectivity index is 2.63. The van der Waals surface area contributed by atoms with Crippen LogP contribution in [-0.2, 0) is 6.42 Å². The van der Waals surface area contributed by atoms with Crippen LogP contribution in [0.2, 0.25) is 0 Å². The summed E-state index contributed by atoms with van der Waals surface area (Å²) < 4.78 is 12.8. The van der Waals surface area contributed by atoms with E-state index in [9.17, 15) is 4.39 Å². The van der Waals surface area contributed by atoms with Gasteiger partial charge in [0.05, 0.1) is 0 Å². The van der Waals surface area contributed by atoms with Crippen molar-refractivity contribution in [2.75, 3.05) is 0 Å². The third-order valence-electron chi connectivity index (χ3n) is 2.64. The van der Waals surface area contributed by atoms with Crippen molar-refractivity contribution in [1.82, 2.24) is 0 Å². The summed E-state index contributed by atoms with van der Waals surface area (Å²) in [7, 11) is 0. The molecule has 0 spiro atoms. The van der Waals surface area contributed by atoms with Gasteiger partial charge in [-0.2, -0.15) is 0 Å². The second kappa shape index (κ2) is 7.21. The van der Waals surface area contributed by atoms with E-state index in [2.05, 4.69) is 19.9 Å². The second-order valence-electron chi connectivity index (χ2n) is 4.20. The molecule has 0 atom stereocenters. The highest BCUT2D eigenvalue weighted by atomic mass is 19.1. The first-order valence-corrected chi connectivity index (χ1v) is 6.18. The molecular weight excluding hydrogens is 199 g/mol. The number of rotatable bonds is 6. The summed E-state index contributed by atoms with van der Waals surface area (Å²) in [5.74, 6) is -0.154. The predicted molar refractivity (Wildman–Crippen MR) is 68.0 cm³/mol. The van der Waals surface area contributed by atoms with Gasteiger partial charge in [-0.25, -0.2) is 4.39 Å². The van der Waals surface area contributed by atoms with E-state index < -0.39 is 0 Å². The monoisotopic (exact) mass is 220 g/mol. The largest absolute Gasteiger partial charge is 0.207 e. The van der Waals surface area contributed by atoms with E-state index in [0.29, 0.717) is 0 Å². The molecule has 1 aromatic carbocycles. The fourth-order valence-corrected chi connectivity index (χ4v) is 1.80. The van der Waals surface area contributed by atoms with E-state index in [-0.39, 0.29) is 5.82 Å². The van der Waals surface area contributed by atoms with E-state index in [0.717, 1.165) is 19.3 Å². The summed E-state index contributed by atoms with van der Waals surface area (Å²) in [6.45, 7) is 4.39. The van der Waals surface area contributed by atoms with Gasteiger partial charge in [-0.1, -0.05) is 50.5 Å². The van der Waals surface area contributed by atoms with Gasteiger partial charge >= 0.3 is 0 Å². The quantitative estimate of drug-likeness (QED) is 0.598. The van der Waals surface area contributed by atoms with Crippen LogP contribution in [0.3, 0.4) is 0 Å². The van der Waals surface area contributed by atoms with Gasteiger partial charge in [0.25, 0.3) is 0 Å². The fraction of sp³-hybridized carbons (Fsp3) is 0.467. The van der Waals surface area contributed by atoms with Gasteiger partial charge in [-0.15, -0.1) is 0 Å². The van der Waals surface area contributed by atoms with Crippen LogP contribution in [0.25, 0.3) is 0 Å². The highest BCUT2D eigenvalue weighted by Crippen LogP contribution is 2.15. The molecule has 1 rings (SSSR count). The lowest BCUT2D eigenvalue weighted by Gasteiger charge is -2.06. The molecule has 1 heteroatoms. The average Bonchev–Trinajstić information content (AvgIpc) is 2.29. The SMILES string of the molecule is CCC/C=C(\CCC)Cc1ccc(F)cc1. The molecule has 0 aliphatic carbocycles. The van der Waals surface area contributed by atoms with Gasteiger partial charge in [0.2, 0.25) is 0 Å². The van der Waals surface area contributed by atoms with Crippen LogP contribution in [0.15, 0.2) is 35.9 Å². The van der Waals surface area contributed by atoms with Crippen molar-refractivity contribution in [3.63, 3.8) is 0 Å². The number of halogens is 1. The van der Waals surface area contributed by atoms with E-state index in [1.807, 2.05) is 12.1 Å². The molecule has 0 nitrogen and oxygen atoms in total. The lowest BCUT2D eigenvalue weighted by Crippen LogP contribution is -1.91. The normalized spacial score (nSPS) is 11.8. The summed E-state index contributed by atoms with van der Waals surface area (Å²) >= 11 is 0. The van der Waals surface area contributed by atoms with Gasteiger partial charge in [-0.05, 0) is 37.0 Å². The lowest BCUT2D eigenvalue weighted by molar-refractivity contribution is 0.627. The number of hydrogen-bond donors (Lipinski definition) is 0.